The second-order valence-electron chi connectivity index (χ2n) is 8.39. The molecule has 1 unspecified atom stereocenters. The highest BCUT2D eigenvalue weighted by atomic mass is 16.6. The Bertz CT molecular complexity index is 833. The molecule has 29 heavy (non-hydrogen) atoms. The normalized spacial score (nSPS) is 19.0. The Morgan fingerprint density at radius 1 is 1.17 bits per heavy atom. The number of carbonyl (C=O) groups excluding carboxylic acids is 2. The van der Waals surface area contributed by atoms with Gasteiger partial charge in [0.05, 0.1) is 23.7 Å². The molecule has 154 valence electrons. The molecule has 0 aliphatic carbocycles. The molecule has 1 aromatic heterocycles. The van der Waals surface area contributed by atoms with Crippen LogP contribution in [0.15, 0.2) is 54.7 Å². The van der Waals surface area contributed by atoms with Crippen LogP contribution in [-0.2, 0) is 9.53 Å². The van der Waals surface area contributed by atoms with Gasteiger partial charge in [0.15, 0.2) is 0 Å². The van der Waals surface area contributed by atoms with Gasteiger partial charge in [0, 0.05) is 12.7 Å². The summed E-state index contributed by atoms with van der Waals surface area (Å²) in [5, 5.41) is 2.89. The fourth-order valence-corrected chi connectivity index (χ4v) is 3.71. The third kappa shape index (κ3) is 5.13. The quantitative estimate of drug-likeness (QED) is 0.821. The number of carbonyl (C=O) groups is 2. The van der Waals surface area contributed by atoms with Crippen LogP contribution in [0, 0.1) is 5.92 Å². The number of hydrogen-bond acceptors (Lipinski definition) is 4. The number of pyridine rings is 1. The summed E-state index contributed by atoms with van der Waals surface area (Å²) in [6.07, 6.45) is 1.77. The van der Waals surface area contributed by atoms with E-state index >= 15 is 0 Å². The van der Waals surface area contributed by atoms with Crippen LogP contribution >= 0.6 is 0 Å². The Kier molecular flexibility index (Phi) is 6.20. The van der Waals surface area contributed by atoms with E-state index < -0.39 is 17.7 Å². The first-order valence-electron chi connectivity index (χ1n) is 10.0. The van der Waals surface area contributed by atoms with E-state index in [-0.39, 0.29) is 17.9 Å². The maximum atomic E-state index is 13.3. The number of benzene rings is 1. The molecule has 1 saturated heterocycles. The summed E-state index contributed by atoms with van der Waals surface area (Å²) in [6, 6.07) is 14.9. The number of aromatic nitrogens is 1. The van der Waals surface area contributed by atoms with Crippen molar-refractivity contribution in [1.29, 1.82) is 0 Å². The van der Waals surface area contributed by atoms with Crippen LogP contribution in [0.2, 0.25) is 0 Å². The van der Waals surface area contributed by atoms with Crippen LogP contribution in [0.25, 0.3) is 0 Å². The summed E-state index contributed by atoms with van der Waals surface area (Å²) in [5.74, 6) is -0.364. The van der Waals surface area contributed by atoms with Crippen LogP contribution in [-0.4, -0.2) is 34.0 Å². The number of nitrogens with one attached hydrogen (secondary N) is 1. The molecule has 6 heteroatoms. The zero-order chi connectivity index (χ0) is 21.0. The minimum atomic E-state index is -0.619. The number of nitrogens with zero attached hydrogens (tertiary/aromatic N) is 2. The highest BCUT2D eigenvalue weighted by Crippen LogP contribution is 2.35. The highest BCUT2D eigenvalue weighted by molar-refractivity contribution is 5.83. The lowest BCUT2D eigenvalue weighted by molar-refractivity contribution is -0.133. The number of likely N-dealkylation sites (tertiary alicyclic amines) is 1. The average molecular weight is 396 g/mol. The van der Waals surface area contributed by atoms with Gasteiger partial charge in [-0.15, -0.1) is 0 Å². The smallest absolute Gasteiger partial charge is 0.408 e. The zero-order valence-corrected chi connectivity index (χ0v) is 17.5. The van der Waals surface area contributed by atoms with Crippen molar-refractivity contribution in [3.63, 3.8) is 0 Å². The summed E-state index contributed by atoms with van der Waals surface area (Å²) in [6.45, 7) is 8.11. The van der Waals surface area contributed by atoms with Crippen LogP contribution in [0.5, 0.6) is 0 Å². The average Bonchev–Trinajstić information content (AvgIpc) is 3.06. The molecule has 0 saturated carbocycles. The number of rotatable bonds is 5. The highest BCUT2D eigenvalue weighted by Gasteiger charge is 2.41. The second kappa shape index (κ2) is 8.64. The largest absolute Gasteiger partial charge is 0.444 e. The van der Waals surface area contributed by atoms with E-state index in [1.54, 1.807) is 6.20 Å². The summed E-state index contributed by atoms with van der Waals surface area (Å²) < 4.78 is 5.43. The van der Waals surface area contributed by atoms with E-state index in [9.17, 15) is 9.59 Å². The monoisotopic (exact) mass is 395 g/mol. The lowest BCUT2D eigenvalue weighted by Crippen LogP contribution is -2.41. The number of ether oxygens (including phenoxy) is 1. The molecule has 1 aromatic carbocycles. The van der Waals surface area contributed by atoms with Crippen molar-refractivity contribution in [2.24, 2.45) is 5.92 Å². The first-order chi connectivity index (χ1) is 13.8. The van der Waals surface area contributed by atoms with Gasteiger partial charge in [-0.05, 0) is 51.8 Å². The van der Waals surface area contributed by atoms with Gasteiger partial charge in [-0.2, -0.15) is 0 Å². The van der Waals surface area contributed by atoms with Crippen molar-refractivity contribution in [1.82, 2.24) is 15.2 Å². The van der Waals surface area contributed by atoms with Gasteiger partial charge < -0.3 is 15.0 Å². The third-order valence-electron chi connectivity index (χ3n) is 5.11. The van der Waals surface area contributed by atoms with Gasteiger partial charge >= 0.3 is 6.09 Å². The van der Waals surface area contributed by atoms with Gasteiger partial charge in [0.2, 0.25) is 5.91 Å². The van der Waals surface area contributed by atoms with Gasteiger partial charge in [-0.25, -0.2) is 4.79 Å². The first-order valence-corrected chi connectivity index (χ1v) is 10.0. The van der Waals surface area contributed by atoms with Crippen molar-refractivity contribution in [3.8, 4) is 0 Å². The fraction of sp³-hybridized carbons (Fsp3) is 0.435. The van der Waals surface area contributed by atoms with Crippen molar-refractivity contribution in [2.75, 3.05) is 6.54 Å². The van der Waals surface area contributed by atoms with Gasteiger partial charge in [0.1, 0.15) is 5.60 Å². The Hall–Kier alpha value is -2.89. The Labute approximate surface area is 172 Å². The molecule has 1 aliphatic heterocycles. The molecule has 1 N–H and O–H groups in total. The molecular formula is C23H29N3O3. The second-order valence-corrected chi connectivity index (χ2v) is 8.39. The minimum absolute atomic E-state index is 0.0214. The van der Waals surface area contributed by atoms with Crippen molar-refractivity contribution in [3.05, 3.63) is 66.0 Å². The lowest BCUT2D eigenvalue weighted by atomic mass is 9.94. The van der Waals surface area contributed by atoms with Crippen LogP contribution in [0.3, 0.4) is 0 Å². The minimum Gasteiger partial charge on any atom is -0.444 e. The predicted molar refractivity (Wildman–Crippen MR) is 111 cm³/mol. The van der Waals surface area contributed by atoms with E-state index in [0.717, 1.165) is 5.56 Å². The summed E-state index contributed by atoms with van der Waals surface area (Å²) >= 11 is 0. The molecule has 0 bridgehead atoms. The van der Waals surface area contributed by atoms with E-state index in [2.05, 4.69) is 10.3 Å². The Balaban J connectivity index is 1.81. The SMILES string of the molecule is C[C@H](c1ccccc1)N1CC[C@H](C(NC(=O)OC(C)(C)C)c2ccccn2)C1=O. The van der Waals surface area contributed by atoms with Crippen molar-refractivity contribution < 1.29 is 14.3 Å². The Morgan fingerprint density at radius 2 is 1.86 bits per heavy atom. The maximum Gasteiger partial charge on any atom is 0.408 e. The molecule has 0 radical (unpaired) electrons. The van der Waals surface area contributed by atoms with Gasteiger partial charge in [-0.1, -0.05) is 36.4 Å². The van der Waals surface area contributed by atoms with Crippen LogP contribution < -0.4 is 5.32 Å². The van der Waals surface area contributed by atoms with E-state index in [0.29, 0.717) is 18.7 Å². The van der Waals surface area contributed by atoms with E-state index in [4.69, 9.17) is 4.74 Å². The summed E-state index contributed by atoms with van der Waals surface area (Å²) in [5.41, 5.74) is 1.13. The van der Waals surface area contributed by atoms with Gasteiger partial charge in [0.25, 0.3) is 0 Å². The topological polar surface area (TPSA) is 71.5 Å². The molecule has 1 aliphatic rings. The zero-order valence-electron chi connectivity index (χ0n) is 17.5. The molecule has 2 heterocycles. The molecule has 1 fully saturated rings. The van der Waals surface area contributed by atoms with E-state index in [1.807, 2.05) is 81.1 Å². The molecule has 2 amide bonds. The first kappa shape index (κ1) is 20.8. The number of amides is 2. The maximum absolute atomic E-state index is 13.3. The standard InChI is InChI=1S/C23H29N3O3/c1-16(17-10-6-5-7-11-17)26-15-13-18(21(26)27)20(19-12-8-9-14-24-19)25-22(28)29-23(2,3)4/h5-12,14,16,18,20H,13,15H2,1-4H3,(H,25,28)/t16-,18-,20?/m1/s1. The summed E-state index contributed by atoms with van der Waals surface area (Å²) in [4.78, 5) is 32.0. The van der Waals surface area contributed by atoms with Crippen LogP contribution in [0.1, 0.15) is 57.5 Å². The third-order valence-corrected chi connectivity index (χ3v) is 5.11. The van der Waals surface area contributed by atoms with Crippen LogP contribution in [0.4, 0.5) is 4.79 Å². The van der Waals surface area contributed by atoms with Crippen molar-refractivity contribution >= 4 is 12.0 Å². The fourth-order valence-electron chi connectivity index (χ4n) is 3.71. The molecule has 2 aromatic rings. The number of alkyl carbamates (subject to hydrolysis) is 1. The Morgan fingerprint density at radius 3 is 2.48 bits per heavy atom. The molecule has 6 nitrogen and oxygen atoms in total. The summed E-state index contributed by atoms with van der Waals surface area (Å²) in [7, 11) is 0. The van der Waals surface area contributed by atoms with Gasteiger partial charge in [-0.3, -0.25) is 9.78 Å². The number of hydrogen-bond donors (Lipinski definition) is 1. The molecule has 3 rings (SSSR count). The predicted octanol–water partition coefficient (Wildman–Crippen LogP) is 4.26. The van der Waals surface area contributed by atoms with Crippen molar-refractivity contribution in [2.45, 2.75) is 51.8 Å². The molecular weight excluding hydrogens is 366 g/mol. The lowest BCUT2D eigenvalue weighted by Gasteiger charge is -2.28. The molecule has 3 atom stereocenters. The molecule has 0 spiro atoms. The van der Waals surface area contributed by atoms with E-state index in [1.165, 1.54) is 0 Å².